The average Bonchev–Trinajstić information content (AvgIpc) is 3.38. The van der Waals surface area contributed by atoms with Gasteiger partial charge >= 0.3 is 0 Å². The fourth-order valence-electron chi connectivity index (χ4n) is 3.33. The van der Waals surface area contributed by atoms with Gasteiger partial charge in [-0.25, -0.2) is 9.67 Å². The number of nitrogens with one attached hydrogen (secondary N) is 2. The maximum atomic E-state index is 12.9. The van der Waals surface area contributed by atoms with Gasteiger partial charge in [-0.3, -0.25) is 9.59 Å². The molecule has 1 aromatic heterocycles. The van der Waals surface area contributed by atoms with Crippen molar-refractivity contribution in [3.63, 3.8) is 0 Å². The zero-order chi connectivity index (χ0) is 23.9. The summed E-state index contributed by atoms with van der Waals surface area (Å²) in [6, 6.07) is 19.2. The Morgan fingerprint density at radius 3 is 1.88 bits per heavy atom. The Balaban J connectivity index is 1.51. The number of amides is 2. The number of anilines is 2. The number of carbonyl (C=O) groups excluding carboxylic acids is 2. The number of ether oxygens (including phenoxy) is 2. The van der Waals surface area contributed by atoms with Crippen molar-refractivity contribution in [3.05, 3.63) is 96.1 Å². The second-order valence-corrected chi connectivity index (χ2v) is 7.32. The summed E-state index contributed by atoms with van der Waals surface area (Å²) in [7, 11) is 2.97. The van der Waals surface area contributed by atoms with Gasteiger partial charge in [0.1, 0.15) is 24.2 Å². The molecule has 0 unspecified atom stereocenters. The monoisotopic (exact) mass is 457 g/mol. The van der Waals surface area contributed by atoms with Crippen molar-refractivity contribution in [1.82, 2.24) is 14.8 Å². The SMILES string of the molecule is COc1cc(NC(=O)c2ccc(Cn3cncn3)cc2)c(OC)cc1NC(=O)c1ccccc1. The number of hydrogen-bond acceptors (Lipinski definition) is 6. The number of aromatic nitrogens is 3. The van der Waals surface area contributed by atoms with Gasteiger partial charge in [-0.05, 0) is 29.8 Å². The van der Waals surface area contributed by atoms with Gasteiger partial charge in [-0.1, -0.05) is 30.3 Å². The highest BCUT2D eigenvalue weighted by Crippen LogP contribution is 2.37. The largest absolute Gasteiger partial charge is 0.494 e. The maximum Gasteiger partial charge on any atom is 0.255 e. The third-order valence-electron chi connectivity index (χ3n) is 5.08. The minimum atomic E-state index is -0.311. The lowest BCUT2D eigenvalue weighted by atomic mass is 10.1. The van der Waals surface area contributed by atoms with E-state index in [0.29, 0.717) is 40.5 Å². The maximum absolute atomic E-state index is 12.9. The highest BCUT2D eigenvalue weighted by Gasteiger charge is 2.17. The average molecular weight is 457 g/mol. The molecule has 0 radical (unpaired) electrons. The van der Waals surface area contributed by atoms with E-state index in [1.165, 1.54) is 20.5 Å². The van der Waals surface area contributed by atoms with Crippen molar-refractivity contribution in [3.8, 4) is 11.5 Å². The molecule has 0 spiro atoms. The van der Waals surface area contributed by atoms with Crippen molar-refractivity contribution in [1.29, 1.82) is 0 Å². The van der Waals surface area contributed by atoms with E-state index in [2.05, 4.69) is 20.7 Å². The van der Waals surface area contributed by atoms with Gasteiger partial charge in [0, 0.05) is 23.3 Å². The first-order chi connectivity index (χ1) is 16.6. The predicted octanol–water partition coefficient (Wildman–Crippen LogP) is 3.85. The van der Waals surface area contributed by atoms with Crippen LogP contribution in [0.15, 0.2) is 79.4 Å². The number of benzene rings is 3. The Morgan fingerprint density at radius 2 is 1.38 bits per heavy atom. The Morgan fingerprint density at radius 1 is 0.824 bits per heavy atom. The van der Waals surface area contributed by atoms with Gasteiger partial charge in [0.15, 0.2) is 0 Å². The fourth-order valence-corrected chi connectivity index (χ4v) is 3.33. The second kappa shape index (κ2) is 10.3. The topological polar surface area (TPSA) is 107 Å². The van der Waals surface area contributed by atoms with Crippen molar-refractivity contribution in [2.75, 3.05) is 24.9 Å². The molecule has 0 bridgehead atoms. The number of methoxy groups -OCH3 is 2. The second-order valence-electron chi connectivity index (χ2n) is 7.32. The van der Waals surface area contributed by atoms with E-state index in [0.717, 1.165) is 5.56 Å². The molecule has 4 aromatic rings. The van der Waals surface area contributed by atoms with Crippen LogP contribution in [0.2, 0.25) is 0 Å². The Hall–Kier alpha value is -4.66. The Bertz CT molecular complexity index is 1270. The third-order valence-corrected chi connectivity index (χ3v) is 5.08. The molecule has 0 aliphatic heterocycles. The summed E-state index contributed by atoms with van der Waals surface area (Å²) in [5, 5.41) is 9.74. The molecule has 0 saturated heterocycles. The van der Waals surface area contributed by atoms with Crippen LogP contribution in [0, 0.1) is 0 Å². The Kier molecular flexibility index (Phi) is 6.83. The Labute approximate surface area is 196 Å². The van der Waals surface area contributed by atoms with E-state index < -0.39 is 0 Å². The molecule has 4 rings (SSSR count). The molecule has 0 aliphatic carbocycles. The van der Waals surface area contributed by atoms with Crippen LogP contribution in [0.5, 0.6) is 11.5 Å². The summed E-state index contributed by atoms with van der Waals surface area (Å²) >= 11 is 0. The highest BCUT2D eigenvalue weighted by molar-refractivity contribution is 6.07. The van der Waals surface area contributed by atoms with E-state index in [1.807, 2.05) is 18.2 Å². The fraction of sp³-hybridized carbons (Fsp3) is 0.120. The smallest absolute Gasteiger partial charge is 0.255 e. The lowest BCUT2D eigenvalue weighted by Crippen LogP contribution is -2.15. The van der Waals surface area contributed by atoms with Crippen LogP contribution in [0.3, 0.4) is 0 Å². The van der Waals surface area contributed by atoms with E-state index >= 15 is 0 Å². The van der Waals surface area contributed by atoms with Crippen LogP contribution in [0.1, 0.15) is 26.3 Å². The lowest BCUT2D eigenvalue weighted by Gasteiger charge is -2.16. The number of hydrogen-bond donors (Lipinski definition) is 2. The van der Waals surface area contributed by atoms with Crippen LogP contribution in [-0.2, 0) is 6.54 Å². The summed E-state index contributed by atoms with van der Waals surface area (Å²) in [4.78, 5) is 29.3. The van der Waals surface area contributed by atoms with Gasteiger partial charge in [0.05, 0.1) is 32.1 Å². The van der Waals surface area contributed by atoms with E-state index in [1.54, 1.807) is 59.5 Å². The molecule has 0 fully saturated rings. The van der Waals surface area contributed by atoms with Crippen LogP contribution in [0.25, 0.3) is 0 Å². The molecule has 172 valence electrons. The first kappa shape index (κ1) is 22.5. The first-order valence-corrected chi connectivity index (χ1v) is 10.4. The summed E-state index contributed by atoms with van der Waals surface area (Å²) in [6.45, 7) is 0.559. The summed E-state index contributed by atoms with van der Waals surface area (Å²) in [6.07, 6.45) is 3.11. The summed E-state index contributed by atoms with van der Waals surface area (Å²) in [5.41, 5.74) is 2.80. The molecule has 2 N–H and O–H groups in total. The van der Waals surface area contributed by atoms with Crippen LogP contribution in [0.4, 0.5) is 11.4 Å². The number of nitrogens with zero attached hydrogens (tertiary/aromatic N) is 3. The normalized spacial score (nSPS) is 10.4. The highest BCUT2D eigenvalue weighted by atomic mass is 16.5. The van der Waals surface area contributed by atoms with Crippen molar-refractivity contribution in [2.45, 2.75) is 6.54 Å². The van der Waals surface area contributed by atoms with Gasteiger partial charge in [0.2, 0.25) is 0 Å². The van der Waals surface area contributed by atoms with Crippen molar-refractivity contribution in [2.24, 2.45) is 0 Å². The molecular formula is C25H23N5O4. The van der Waals surface area contributed by atoms with Gasteiger partial charge in [0.25, 0.3) is 11.8 Å². The standard InChI is InChI=1S/C25H23N5O4/c1-33-22-13-21(23(34-2)12-20(22)28-24(31)18-6-4-3-5-7-18)29-25(32)19-10-8-17(9-11-19)14-30-16-26-15-27-30/h3-13,15-16H,14H2,1-2H3,(H,28,31)(H,29,32). The summed E-state index contributed by atoms with van der Waals surface area (Å²) in [5.74, 6) is 0.154. The van der Waals surface area contributed by atoms with Gasteiger partial charge in [-0.2, -0.15) is 5.10 Å². The molecule has 34 heavy (non-hydrogen) atoms. The van der Waals surface area contributed by atoms with E-state index in [-0.39, 0.29) is 11.8 Å². The zero-order valence-electron chi connectivity index (χ0n) is 18.7. The molecule has 0 aliphatic rings. The first-order valence-electron chi connectivity index (χ1n) is 10.4. The summed E-state index contributed by atoms with van der Waals surface area (Å²) < 4.78 is 12.6. The van der Waals surface area contributed by atoms with E-state index in [9.17, 15) is 9.59 Å². The molecule has 2 amide bonds. The molecule has 9 heteroatoms. The van der Waals surface area contributed by atoms with Gasteiger partial charge in [-0.15, -0.1) is 0 Å². The van der Waals surface area contributed by atoms with Crippen LogP contribution >= 0.6 is 0 Å². The van der Waals surface area contributed by atoms with Crippen molar-refractivity contribution < 1.29 is 19.1 Å². The molecule has 1 heterocycles. The predicted molar refractivity (Wildman–Crippen MR) is 127 cm³/mol. The van der Waals surface area contributed by atoms with E-state index in [4.69, 9.17) is 9.47 Å². The van der Waals surface area contributed by atoms with Crippen molar-refractivity contribution >= 4 is 23.2 Å². The third kappa shape index (κ3) is 5.21. The number of carbonyl (C=O) groups is 2. The van der Waals surface area contributed by atoms with Gasteiger partial charge < -0.3 is 20.1 Å². The molecule has 3 aromatic carbocycles. The number of rotatable bonds is 8. The quantitative estimate of drug-likeness (QED) is 0.416. The minimum Gasteiger partial charge on any atom is -0.494 e. The van der Waals surface area contributed by atoms with Crippen LogP contribution in [-0.4, -0.2) is 40.8 Å². The lowest BCUT2D eigenvalue weighted by molar-refractivity contribution is 0.101. The minimum absolute atomic E-state index is 0.288. The molecule has 0 saturated carbocycles. The molecule has 0 atom stereocenters. The zero-order valence-corrected chi connectivity index (χ0v) is 18.7. The molecule has 9 nitrogen and oxygen atoms in total. The molecular weight excluding hydrogens is 434 g/mol. The van der Waals surface area contributed by atoms with Crippen LogP contribution < -0.4 is 20.1 Å².